The van der Waals surface area contributed by atoms with Crippen molar-refractivity contribution in [2.45, 2.75) is 0 Å². The number of fused-ring (bicyclic) bond motifs is 5. The van der Waals surface area contributed by atoms with E-state index in [0.717, 1.165) is 39.0 Å². The van der Waals surface area contributed by atoms with Gasteiger partial charge in [0.05, 0.1) is 0 Å². The van der Waals surface area contributed by atoms with E-state index in [1.807, 2.05) is 12.1 Å². The van der Waals surface area contributed by atoms with Gasteiger partial charge in [-0.1, -0.05) is 115 Å². The Morgan fingerprint density at radius 1 is 0.304 bits per heavy atom. The number of para-hydroxylation sites is 1. The van der Waals surface area contributed by atoms with Gasteiger partial charge in [0.2, 0.25) is 0 Å². The molecule has 0 amide bonds. The summed E-state index contributed by atoms with van der Waals surface area (Å²) >= 11 is 0. The summed E-state index contributed by atoms with van der Waals surface area (Å²) in [5.41, 5.74) is 9.90. The van der Waals surface area contributed by atoms with Gasteiger partial charge in [-0.2, -0.15) is 0 Å². The van der Waals surface area contributed by atoms with Crippen molar-refractivity contribution in [1.82, 2.24) is 0 Å². The fourth-order valence-electron chi connectivity index (χ4n) is 6.66. The lowest BCUT2D eigenvalue weighted by atomic mass is 9.98. The lowest BCUT2D eigenvalue weighted by Gasteiger charge is -2.26. The standard InChI is InChI=1S/C44H29NO/c1-2-8-30(9-3-1)32-18-21-38(22-19-32)45(40-24-25-44-42(29-40)41-12-6-7-13-43(41)46-44)39-23-20-33-15-17-36(27-37(33)28-39)35-16-14-31-10-4-5-11-34(31)26-35/h1-29H. The molecule has 2 nitrogen and oxygen atoms in total. The first-order valence-electron chi connectivity index (χ1n) is 15.7. The Bertz CT molecular complexity index is 2530. The van der Waals surface area contributed by atoms with E-state index >= 15 is 0 Å². The number of benzene rings is 8. The maximum atomic E-state index is 6.18. The second-order valence-corrected chi connectivity index (χ2v) is 11.8. The first kappa shape index (κ1) is 26.3. The van der Waals surface area contributed by atoms with E-state index in [9.17, 15) is 0 Å². The molecule has 9 aromatic rings. The van der Waals surface area contributed by atoms with Crippen LogP contribution in [-0.4, -0.2) is 0 Å². The Morgan fingerprint density at radius 3 is 1.67 bits per heavy atom. The molecule has 0 atom stereocenters. The van der Waals surface area contributed by atoms with Crippen LogP contribution < -0.4 is 4.90 Å². The summed E-state index contributed by atoms with van der Waals surface area (Å²) in [6.07, 6.45) is 0. The van der Waals surface area contributed by atoms with Crippen LogP contribution >= 0.6 is 0 Å². The molecule has 0 saturated heterocycles. The molecule has 1 heterocycles. The zero-order valence-electron chi connectivity index (χ0n) is 25.1. The number of hydrogen-bond donors (Lipinski definition) is 0. The third kappa shape index (κ3) is 4.60. The highest BCUT2D eigenvalue weighted by molar-refractivity contribution is 6.06. The van der Waals surface area contributed by atoms with E-state index in [1.165, 1.54) is 43.8 Å². The predicted molar refractivity (Wildman–Crippen MR) is 194 cm³/mol. The lowest BCUT2D eigenvalue weighted by molar-refractivity contribution is 0.669. The molecule has 0 aliphatic heterocycles. The molecule has 2 heteroatoms. The third-order valence-corrected chi connectivity index (χ3v) is 9.02. The van der Waals surface area contributed by atoms with E-state index in [0.29, 0.717) is 0 Å². The molecule has 0 spiro atoms. The summed E-state index contributed by atoms with van der Waals surface area (Å²) < 4.78 is 6.18. The predicted octanol–water partition coefficient (Wildman–Crippen LogP) is 12.7. The molecule has 0 unspecified atom stereocenters. The minimum atomic E-state index is 0.892. The molecular formula is C44H29NO. The van der Waals surface area contributed by atoms with Crippen molar-refractivity contribution < 1.29 is 4.42 Å². The van der Waals surface area contributed by atoms with Crippen molar-refractivity contribution in [2.24, 2.45) is 0 Å². The Hall–Kier alpha value is -6.12. The zero-order valence-corrected chi connectivity index (χ0v) is 25.1. The molecule has 0 N–H and O–H groups in total. The van der Waals surface area contributed by atoms with E-state index in [-0.39, 0.29) is 0 Å². The van der Waals surface area contributed by atoms with Crippen LogP contribution in [0.2, 0.25) is 0 Å². The van der Waals surface area contributed by atoms with Gasteiger partial charge < -0.3 is 9.32 Å². The van der Waals surface area contributed by atoms with Gasteiger partial charge in [-0.3, -0.25) is 0 Å². The molecular weight excluding hydrogens is 558 g/mol. The Morgan fingerprint density at radius 2 is 0.848 bits per heavy atom. The van der Waals surface area contributed by atoms with Crippen molar-refractivity contribution in [3.8, 4) is 22.3 Å². The summed E-state index contributed by atoms with van der Waals surface area (Å²) in [5, 5.41) is 7.15. The average Bonchev–Trinajstić information content (AvgIpc) is 3.50. The van der Waals surface area contributed by atoms with Crippen LogP contribution in [0.15, 0.2) is 180 Å². The van der Waals surface area contributed by atoms with Gasteiger partial charge in [0, 0.05) is 27.8 Å². The molecule has 0 radical (unpaired) electrons. The van der Waals surface area contributed by atoms with Crippen LogP contribution in [0.5, 0.6) is 0 Å². The second-order valence-electron chi connectivity index (χ2n) is 11.8. The Kier molecular flexibility index (Phi) is 6.17. The van der Waals surface area contributed by atoms with E-state index in [1.54, 1.807) is 0 Å². The second kappa shape index (κ2) is 10.8. The number of nitrogens with zero attached hydrogens (tertiary/aromatic N) is 1. The third-order valence-electron chi connectivity index (χ3n) is 9.02. The summed E-state index contributed by atoms with van der Waals surface area (Å²) in [6, 6.07) is 62.9. The monoisotopic (exact) mass is 587 g/mol. The number of hydrogen-bond acceptors (Lipinski definition) is 2. The highest BCUT2D eigenvalue weighted by Crippen LogP contribution is 2.40. The van der Waals surface area contributed by atoms with Crippen molar-refractivity contribution in [3.63, 3.8) is 0 Å². The number of furan rings is 1. The smallest absolute Gasteiger partial charge is 0.135 e. The topological polar surface area (TPSA) is 16.4 Å². The van der Waals surface area contributed by atoms with Gasteiger partial charge in [0.25, 0.3) is 0 Å². The van der Waals surface area contributed by atoms with Crippen LogP contribution in [0.4, 0.5) is 17.1 Å². The fourth-order valence-corrected chi connectivity index (χ4v) is 6.66. The van der Waals surface area contributed by atoms with Crippen molar-refractivity contribution >= 4 is 60.5 Å². The molecule has 1 aromatic heterocycles. The van der Waals surface area contributed by atoms with Gasteiger partial charge in [-0.05, 0) is 104 Å². The van der Waals surface area contributed by atoms with Crippen LogP contribution in [-0.2, 0) is 0 Å². The number of rotatable bonds is 5. The molecule has 8 aromatic carbocycles. The highest BCUT2D eigenvalue weighted by atomic mass is 16.3. The molecule has 0 bridgehead atoms. The average molecular weight is 588 g/mol. The minimum absolute atomic E-state index is 0.892. The SMILES string of the molecule is c1ccc(-c2ccc(N(c3ccc4ccc(-c5ccc6ccccc6c5)cc4c3)c3ccc4oc5ccccc5c4c3)cc2)cc1. The molecule has 9 rings (SSSR count). The normalized spacial score (nSPS) is 11.5. The Labute approximate surface area is 267 Å². The van der Waals surface area contributed by atoms with Crippen molar-refractivity contribution in [1.29, 1.82) is 0 Å². The van der Waals surface area contributed by atoms with E-state index < -0.39 is 0 Å². The summed E-state index contributed by atoms with van der Waals surface area (Å²) in [7, 11) is 0. The van der Waals surface area contributed by atoms with Gasteiger partial charge in [-0.25, -0.2) is 0 Å². The van der Waals surface area contributed by atoms with Crippen LogP contribution in [0.25, 0.3) is 65.7 Å². The largest absolute Gasteiger partial charge is 0.456 e. The summed E-state index contributed by atoms with van der Waals surface area (Å²) in [4.78, 5) is 2.35. The molecule has 0 saturated carbocycles. The molecule has 216 valence electrons. The summed E-state index contributed by atoms with van der Waals surface area (Å²) in [6.45, 7) is 0. The maximum Gasteiger partial charge on any atom is 0.135 e. The fraction of sp³-hybridized carbons (Fsp3) is 0. The number of anilines is 3. The van der Waals surface area contributed by atoms with Crippen molar-refractivity contribution in [3.05, 3.63) is 176 Å². The van der Waals surface area contributed by atoms with Gasteiger partial charge in [0.1, 0.15) is 11.2 Å². The van der Waals surface area contributed by atoms with Crippen molar-refractivity contribution in [2.75, 3.05) is 4.90 Å². The Balaban J connectivity index is 1.19. The van der Waals surface area contributed by atoms with Crippen LogP contribution in [0, 0.1) is 0 Å². The summed E-state index contributed by atoms with van der Waals surface area (Å²) in [5.74, 6) is 0. The molecule has 0 fully saturated rings. The first-order valence-corrected chi connectivity index (χ1v) is 15.7. The van der Waals surface area contributed by atoms with E-state index in [2.05, 4.69) is 169 Å². The highest BCUT2D eigenvalue weighted by Gasteiger charge is 2.16. The van der Waals surface area contributed by atoms with Gasteiger partial charge in [0.15, 0.2) is 0 Å². The quantitative estimate of drug-likeness (QED) is 0.199. The minimum Gasteiger partial charge on any atom is -0.456 e. The van der Waals surface area contributed by atoms with Crippen LogP contribution in [0.3, 0.4) is 0 Å². The maximum absolute atomic E-state index is 6.18. The molecule has 46 heavy (non-hydrogen) atoms. The first-order chi connectivity index (χ1) is 22.8. The van der Waals surface area contributed by atoms with E-state index in [4.69, 9.17) is 4.42 Å². The van der Waals surface area contributed by atoms with Gasteiger partial charge >= 0.3 is 0 Å². The lowest BCUT2D eigenvalue weighted by Crippen LogP contribution is -2.09. The van der Waals surface area contributed by atoms with Crippen LogP contribution in [0.1, 0.15) is 0 Å². The molecule has 0 aliphatic carbocycles. The molecule has 0 aliphatic rings. The zero-order chi connectivity index (χ0) is 30.5. The van der Waals surface area contributed by atoms with Gasteiger partial charge in [-0.15, -0.1) is 0 Å².